The van der Waals surface area contributed by atoms with Crippen molar-refractivity contribution in [2.45, 2.75) is 18.0 Å². The summed E-state index contributed by atoms with van der Waals surface area (Å²) in [5.74, 6) is 1.17. The fourth-order valence-corrected chi connectivity index (χ4v) is 3.32. The number of rotatable bonds is 7. The Bertz CT molecular complexity index is 1070. The second-order valence-electron chi connectivity index (χ2n) is 6.14. The van der Waals surface area contributed by atoms with Crippen LogP contribution in [0.3, 0.4) is 0 Å². The smallest absolute Gasteiger partial charge is 0.240 e. The summed E-state index contributed by atoms with van der Waals surface area (Å²) < 4.78 is 31.4. The van der Waals surface area contributed by atoms with E-state index < -0.39 is 10.0 Å². The number of sulfonamides is 1. The summed E-state index contributed by atoms with van der Waals surface area (Å²) in [5, 5.41) is 6.36. The van der Waals surface area contributed by atoms with Crippen LogP contribution in [0, 0.1) is 0 Å². The van der Waals surface area contributed by atoms with E-state index >= 15 is 0 Å². The molecule has 8 nitrogen and oxygen atoms in total. The Morgan fingerprint density at radius 3 is 2.33 bits per heavy atom. The molecular weight excluding hydrogens is 517 g/mol. The Morgan fingerprint density at radius 2 is 1.70 bits per heavy atom. The second-order valence-corrected chi connectivity index (χ2v) is 8.03. The number of hydrogen-bond donors (Lipinski definition) is 3. The average molecular weight is 541 g/mol. The van der Waals surface area contributed by atoms with Crippen LogP contribution in [0.5, 0.6) is 0 Å². The topological polar surface area (TPSA) is 109 Å². The molecule has 0 aliphatic heterocycles. The number of benzene rings is 2. The SMILES string of the molecule is CN=C(NCc1ccc(S(=O)(=O)NC)cc1)NCc1coc(-c2ccccc2)n1.I. The van der Waals surface area contributed by atoms with Crippen molar-refractivity contribution >= 4 is 40.0 Å². The van der Waals surface area contributed by atoms with E-state index in [-0.39, 0.29) is 28.9 Å². The molecule has 0 bridgehead atoms. The molecule has 0 atom stereocenters. The normalized spacial score (nSPS) is 11.6. The first-order chi connectivity index (χ1) is 14.0. The number of nitrogens with zero attached hydrogens (tertiary/aromatic N) is 2. The van der Waals surface area contributed by atoms with Gasteiger partial charge in [-0.2, -0.15) is 0 Å². The van der Waals surface area contributed by atoms with E-state index in [1.807, 2.05) is 30.3 Å². The monoisotopic (exact) mass is 541 g/mol. The van der Waals surface area contributed by atoms with Crippen molar-refractivity contribution in [3.63, 3.8) is 0 Å². The summed E-state index contributed by atoms with van der Waals surface area (Å²) in [6, 6.07) is 16.3. The molecule has 0 spiro atoms. The molecular formula is C20H24IN5O3S. The lowest BCUT2D eigenvalue weighted by molar-refractivity contribution is 0.572. The number of guanidine groups is 1. The van der Waals surface area contributed by atoms with Crippen LogP contribution in [0.4, 0.5) is 0 Å². The zero-order valence-electron chi connectivity index (χ0n) is 16.6. The van der Waals surface area contributed by atoms with Crippen molar-refractivity contribution in [3.05, 3.63) is 72.1 Å². The molecule has 0 saturated heterocycles. The van der Waals surface area contributed by atoms with Gasteiger partial charge in [-0.1, -0.05) is 30.3 Å². The zero-order valence-corrected chi connectivity index (χ0v) is 19.8. The Kier molecular flexibility index (Phi) is 8.81. The lowest BCUT2D eigenvalue weighted by Crippen LogP contribution is -2.36. The maximum absolute atomic E-state index is 11.8. The zero-order chi connectivity index (χ0) is 20.7. The number of hydrogen-bond acceptors (Lipinski definition) is 5. The first-order valence-corrected chi connectivity index (χ1v) is 10.5. The molecule has 0 aliphatic carbocycles. The lowest BCUT2D eigenvalue weighted by Gasteiger charge is -2.11. The number of oxazole rings is 1. The maximum atomic E-state index is 11.8. The van der Waals surface area contributed by atoms with E-state index in [1.54, 1.807) is 37.6 Å². The molecule has 0 aliphatic rings. The van der Waals surface area contributed by atoms with Gasteiger partial charge < -0.3 is 15.1 Å². The first-order valence-electron chi connectivity index (χ1n) is 8.98. The summed E-state index contributed by atoms with van der Waals surface area (Å²) in [6.45, 7) is 0.947. The molecule has 3 aromatic rings. The minimum absolute atomic E-state index is 0. The lowest BCUT2D eigenvalue weighted by atomic mass is 10.2. The molecule has 160 valence electrons. The van der Waals surface area contributed by atoms with E-state index in [1.165, 1.54) is 7.05 Å². The van der Waals surface area contributed by atoms with E-state index in [2.05, 4.69) is 25.3 Å². The molecule has 1 aromatic heterocycles. The highest BCUT2D eigenvalue weighted by atomic mass is 127. The van der Waals surface area contributed by atoms with Gasteiger partial charge in [0.25, 0.3) is 0 Å². The third-order valence-electron chi connectivity index (χ3n) is 4.20. The van der Waals surface area contributed by atoms with Gasteiger partial charge in [0.2, 0.25) is 15.9 Å². The van der Waals surface area contributed by atoms with Crippen molar-refractivity contribution in [3.8, 4) is 11.5 Å². The summed E-state index contributed by atoms with van der Waals surface area (Å²) in [7, 11) is -0.367. The van der Waals surface area contributed by atoms with Gasteiger partial charge in [0.15, 0.2) is 5.96 Å². The maximum Gasteiger partial charge on any atom is 0.240 e. The van der Waals surface area contributed by atoms with Crippen molar-refractivity contribution in [1.29, 1.82) is 0 Å². The van der Waals surface area contributed by atoms with E-state index in [0.29, 0.717) is 24.9 Å². The molecule has 0 amide bonds. The molecule has 0 radical (unpaired) electrons. The molecule has 30 heavy (non-hydrogen) atoms. The molecule has 0 unspecified atom stereocenters. The van der Waals surface area contributed by atoms with Crippen molar-refractivity contribution in [1.82, 2.24) is 20.3 Å². The average Bonchev–Trinajstić information content (AvgIpc) is 3.24. The van der Waals surface area contributed by atoms with Crippen molar-refractivity contribution < 1.29 is 12.8 Å². The Morgan fingerprint density at radius 1 is 1.03 bits per heavy atom. The van der Waals surface area contributed by atoms with Crippen molar-refractivity contribution in [2.24, 2.45) is 4.99 Å². The first kappa shape index (κ1) is 23.8. The molecule has 0 saturated carbocycles. The van der Waals surface area contributed by atoms with Gasteiger partial charge in [-0.25, -0.2) is 18.1 Å². The van der Waals surface area contributed by atoms with Crippen LogP contribution < -0.4 is 15.4 Å². The summed E-state index contributed by atoms with van der Waals surface area (Å²) in [5.41, 5.74) is 2.61. The number of halogens is 1. The van der Waals surface area contributed by atoms with E-state index in [9.17, 15) is 8.42 Å². The van der Waals surface area contributed by atoms with Gasteiger partial charge in [-0.15, -0.1) is 24.0 Å². The largest absolute Gasteiger partial charge is 0.444 e. The minimum atomic E-state index is -3.43. The highest BCUT2D eigenvalue weighted by molar-refractivity contribution is 14.0. The third kappa shape index (κ3) is 6.28. The molecule has 3 rings (SSSR count). The predicted molar refractivity (Wildman–Crippen MR) is 127 cm³/mol. The van der Waals surface area contributed by atoms with Crippen LogP contribution in [-0.2, 0) is 23.1 Å². The molecule has 3 N–H and O–H groups in total. The standard InChI is InChI=1S/C20H23N5O3S.HI/c1-21-20(23-12-15-8-10-18(11-9-15)29(26,27)22-2)24-13-17-14-28-19(25-17)16-6-4-3-5-7-16;/h3-11,14,22H,12-13H2,1-2H3,(H2,21,23,24);1H. The van der Waals surface area contributed by atoms with Crippen LogP contribution in [0.2, 0.25) is 0 Å². The summed E-state index contributed by atoms with van der Waals surface area (Å²) in [6.07, 6.45) is 1.61. The molecule has 1 heterocycles. The number of aromatic nitrogens is 1. The summed E-state index contributed by atoms with van der Waals surface area (Å²) in [4.78, 5) is 8.88. The van der Waals surface area contributed by atoms with Crippen molar-refractivity contribution in [2.75, 3.05) is 14.1 Å². The van der Waals surface area contributed by atoms with E-state index in [4.69, 9.17) is 4.42 Å². The van der Waals surface area contributed by atoms with Gasteiger partial charge in [-0.3, -0.25) is 4.99 Å². The third-order valence-corrected chi connectivity index (χ3v) is 5.63. The number of aliphatic imine (C=N–C) groups is 1. The van der Waals surface area contributed by atoms with E-state index in [0.717, 1.165) is 16.8 Å². The Balaban J connectivity index is 0.00000320. The Hall–Kier alpha value is -2.44. The van der Waals surface area contributed by atoms with Gasteiger partial charge in [0.1, 0.15) is 6.26 Å². The minimum Gasteiger partial charge on any atom is -0.444 e. The molecule has 10 heteroatoms. The predicted octanol–water partition coefficient (Wildman–Crippen LogP) is 2.73. The van der Waals surface area contributed by atoms with Gasteiger partial charge in [0, 0.05) is 19.2 Å². The van der Waals surface area contributed by atoms with Gasteiger partial charge in [-0.05, 0) is 36.9 Å². The van der Waals surface area contributed by atoms with Crippen LogP contribution in [-0.4, -0.2) is 33.5 Å². The van der Waals surface area contributed by atoms with Crippen LogP contribution >= 0.6 is 24.0 Å². The van der Waals surface area contributed by atoms with Crippen LogP contribution in [0.25, 0.3) is 11.5 Å². The highest BCUT2D eigenvalue weighted by Crippen LogP contribution is 2.17. The van der Waals surface area contributed by atoms with Crippen LogP contribution in [0.1, 0.15) is 11.3 Å². The van der Waals surface area contributed by atoms with Gasteiger partial charge >= 0.3 is 0 Å². The quantitative estimate of drug-likeness (QED) is 0.241. The molecule has 0 fully saturated rings. The fourth-order valence-electron chi connectivity index (χ4n) is 2.59. The van der Waals surface area contributed by atoms with Crippen LogP contribution in [0.15, 0.2) is 75.2 Å². The molecule has 2 aromatic carbocycles. The fraction of sp³-hybridized carbons (Fsp3) is 0.200. The second kappa shape index (κ2) is 11.1. The Labute approximate surface area is 193 Å². The van der Waals surface area contributed by atoms with Gasteiger partial charge in [0.05, 0.1) is 17.1 Å². The number of nitrogens with one attached hydrogen (secondary N) is 3. The summed E-state index contributed by atoms with van der Waals surface area (Å²) >= 11 is 0. The highest BCUT2D eigenvalue weighted by Gasteiger charge is 2.11.